The molecule has 2 unspecified atom stereocenters. The molecule has 0 radical (unpaired) electrons. The first kappa shape index (κ1) is 31.9. The zero-order valence-corrected chi connectivity index (χ0v) is 30.9. The van der Waals surface area contributed by atoms with Gasteiger partial charge in [-0.1, -0.05) is 140 Å². The second-order valence-electron chi connectivity index (χ2n) is 14.7. The van der Waals surface area contributed by atoms with Crippen molar-refractivity contribution in [3.8, 4) is 50.5 Å². The molecule has 0 saturated heterocycles. The van der Waals surface area contributed by atoms with Crippen LogP contribution in [0.4, 0.5) is 0 Å². The Balaban J connectivity index is 1.16. The van der Waals surface area contributed by atoms with Crippen molar-refractivity contribution < 1.29 is 4.57 Å². The summed E-state index contributed by atoms with van der Waals surface area (Å²) < 4.78 is 18.5. The Morgan fingerprint density at radius 2 is 1.09 bits per heavy atom. The standard InChI is InChI=1S/C51H35N2OP/c54-55(45-18-5-2-6-19-45)48-21-11-20-46-50(48)53(51(52-46)36-14-3-1-4-15-36)47-27-26-41(33-49(47)55)44-31-42(39-24-22-34-12-7-9-16-37(34)28-39)30-43(32-44)40-25-23-35-13-8-10-17-38(35)29-40/h1-18,20-33,45H,19H2. The number of allylic oxidation sites excluding steroid dienone is 4. The molecular formula is C51H35N2OP. The Kier molecular flexibility index (Phi) is 7.27. The van der Waals surface area contributed by atoms with Crippen LogP contribution in [-0.2, 0) is 4.57 Å². The number of aromatic nitrogens is 2. The van der Waals surface area contributed by atoms with Crippen LogP contribution in [-0.4, -0.2) is 15.2 Å². The van der Waals surface area contributed by atoms with Crippen LogP contribution < -0.4 is 10.6 Å². The average molecular weight is 723 g/mol. The van der Waals surface area contributed by atoms with E-state index in [4.69, 9.17) is 4.98 Å². The van der Waals surface area contributed by atoms with Crippen molar-refractivity contribution >= 4 is 50.3 Å². The van der Waals surface area contributed by atoms with E-state index in [0.29, 0.717) is 0 Å². The zero-order valence-electron chi connectivity index (χ0n) is 30.0. The summed E-state index contributed by atoms with van der Waals surface area (Å²) in [6.45, 7) is 0. The van der Waals surface area contributed by atoms with Crippen LogP contribution in [0.25, 0.3) is 83.0 Å². The second kappa shape index (κ2) is 12.5. The summed E-state index contributed by atoms with van der Waals surface area (Å²) in [5.41, 5.74) is 10.3. The van der Waals surface area contributed by atoms with Crippen molar-refractivity contribution in [2.75, 3.05) is 0 Å². The van der Waals surface area contributed by atoms with Crippen molar-refractivity contribution in [2.45, 2.75) is 12.1 Å². The predicted octanol–water partition coefficient (Wildman–Crippen LogP) is 12.5. The van der Waals surface area contributed by atoms with Gasteiger partial charge in [0.1, 0.15) is 5.82 Å². The summed E-state index contributed by atoms with van der Waals surface area (Å²) in [5, 5.41) is 6.63. The smallest absolute Gasteiger partial charge is 0.154 e. The maximum absolute atomic E-state index is 16.2. The van der Waals surface area contributed by atoms with Gasteiger partial charge in [-0.25, -0.2) is 4.98 Å². The molecule has 0 saturated carbocycles. The highest BCUT2D eigenvalue weighted by molar-refractivity contribution is 7.80. The lowest BCUT2D eigenvalue weighted by Gasteiger charge is -2.33. The first-order chi connectivity index (χ1) is 27.1. The number of para-hydroxylation sites is 1. The molecule has 0 bridgehead atoms. The molecule has 1 aliphatic heterocycles. The fraction of sp³-hybridized carbons (Fsp3) is 0.0392. The van der Waals surface area contributed by atoms with Gasteiger partial charge in [0.15, 0.2) is 7.14 Å². The molecule has 0 fully saturated rings. The van der Waals surface area contributed by atoms with Crippen LogP contribution in [0.15, 0.2) is 194 Å². The fourth-order valence-corrected chi connectivity index (χ4v) is 12.2. The van der Waals surface area contributed by atoms with Gasteiger partial charge in [0, 0.05) is 21.8 Å². The number of fused-ring (bicyclic) bond motifs is 4. The third kappa shape index (κ3) is 5.12. The normalized spacial score (nSPS) is 17.2. The largest absolute Gasteiger partial charge is 0.313 e. The number of hydrogen-bond acceptors (Lipinski definition) is 2. The quantitative estimate of drug-likeness (QED) is 0.166. The minimum Gasteiger partial charge on any atom is -0.313 e. The number of rotatable bonds is 5. The Labute approximate surface area is 319 Å². The van der Waals surface area contributed by atoms with Gasteiger partial charge in [-0.15, -0.1) is 0 Å². The van der Waals surface area contributed by atoms with E-state index in [-0.39, 0.29) is 5.66 Å². The van der Waals surface area contributed by atoms with Crippen molar-refractivity contribution in [3.05, 3.63) is 194 Å². The molecule has 0 amide bonds. The lowest BCUT2D eigenvalue weighted by molar-refractivity contribution is 0.582. The molecule has 8 aromatic carbocycles. The Bertz CT molecular complexity index is 3020. The molecule has 0 N–H and O–H groups in total. The van der Waals surface area contributed by atoms with E-state index >= 15 is 4.57 Å². The maximum atomic E-state index is 16.2. The Morgan fingerprint density at radius 1 is 0.491 bits per heavy atom. The minimum absolute atomic E-state index is 0.155. The first-order valence-corrected chi connectivity index (χ1v) is 20.7. The summed E-state index contributed by atoms with van der Waals surface area (Å²) in [5.74, 6) is 0.860. The van der Waals surface area contributed by atoms with Gasteiger partial charge in [0.25, 0.3) is 0 Å². The van der Waals surface area contributed by atoms with Gasteiger partial charge < -0.3 is 4.57 Å². The lowest BCUT2D eigenvalue weighted by atomic mass is 9.92. The average Bonchev–Trinajstić information content (AvgIpc) is 3.66. The van der Waals surface area contributed by atoms with Crippen LogP contribution >= 0.6 is 7.14 Å². The third-order valence-corrected chi connectivity index (χ3v) is 14.9. The van der Waals surface area contributed by atoms with E-state index in [1.165, 1.54) is 21.5 Å². The second-order valence-corrected chi connectivity index (χ2v) is 17.6. The summed E-state index contributed by atoms with van der Waals surface area (Å²) in [4.78, 5) is 5.19. The zero-order chi connectivity index (χ0) is 36.5. The molecule has 0 spiro atoms. The van der Waals surface area contributed by atoms with Gasteiger partial charge in [0.2, 0.25) is 0 Å². The topological polar surface area (TPSA) is 34.9 Å². The van der Waals surface area contributed by atoms with Crippen molar-refractivity contribution in [2.24, 2.45) is 0 Å². The molecule has 3 nitrogen and oxygen atoms in total. The Hall–Kier alpha value is -6.54. The SMILES string of the molecule is O=P1(C2C=CC=CC2)c2cc(-c3cc(-c4ccc5ccccc5c4)cc(-c4ccc5ccccc5c4)c3)ccc2-n2c(-c3ccccc3)nc3cccc1c32. The number of imidazole rings is 1. The van der Waals surface area contributed by atoms with Crippen molar-refractivity contribution in [3.63, 3.8) is 0 Å². The van der Waals surface area contributed by atoms with Gasteiger partial charge in [0.05, 0.1) is 16.7 Å². The first-order valence-electron chi connectivity index (χ1n) is 18.9. The van der Waals surface area contributed by atoms with E-state index in [1.807, 2.05) is 12.1 Å². The number of nitrogens with zero attached hydrogens (tertiary/aromatic N) is 2. The van der Waals surface area contributed by atoms with E-state index < -0.39 is 7.14 Å². The molecule has 1 aromatic heterocycles. The maximum Gasteiger partial charge on any atom is 0.154 e. The molecule has 1 aliphatic carbocycles. The fourth-order valence-electron chi connectivity index (χ4n) is 8.74. The van der Waals surface area contributed by atoms with Crippen LogP contribution in [0.1, 0.15) is 6.42 Å². The molecular weight excluding hydrogens is 688 g/mol. The molecule has 2 aliphatic rings. The molecule has 9 aromatic rings. The number of hydrogen-bond donors (Lipinski definition) is 0. The van der Waals surface area contributed by atoms with Crippen LogP contribution in [0.2, 0.25) is 0 Å². The molecule has 55 heavy (non-hydrogen) atoms. The minimum atomic E-state index is -3.21. The van der Waals surface area contributed by atoms with E-state index in [9.17, 15) is 0 Å². The lowest BCUT2D eigenvalue weighted by Crippen LogP contribution is -2.33. The Morgan fingerprint density at radius 3 is 1.73 bits per heavy atom. The van der Waals surface area contributed by atoms with E-state index in [1.54, 1.807) is 0 Å². The summed E-state index contributed by atoms with van der Waals surface area (Å²) in [7, 11) is -3.21. The van der Waals surface area contributed by atoms with Crippen LogP contribution in [0, 0.1) is 0 Å². The van der Waals surface area contributed by atoms with Gasteiger partial charge in [-0.05, 0) is 116 Å². The monoisotopic (exact) mass is 722 g/mol. The third-order valence-electron chi connectivity index (χ3n) is 11.5. The van der Waals surface area contributed by atoms with Crippen molar-refractivity contribution in [1.82, 2.24) is 9.55 Å². The molecule has 260 valence electrons. The summed E-state index contributed by atoms with van der Waals surface area (Å²) >= 11 is 0. The van der Waals surface area contributed by atoms with Crippen LogP contribution in [0.3, 0.4) is 0 Å². The van der Waals surface area contributed by atoms with E-state index in [2.05, 4.69) is 187 Å². The highest BCUT2D eigenvalue weighted by Gasteiger charge is 2.43. The van der Waals surface area contributed by atoms with Crippen molar-refractivity contribution in [1.29, 1.82) is 0 Å². The summed E-state index contributed by atoms with van der Waals surface area (Å²) in [6.07, 6.45) is 9.14. The molecule has 11 rings (SSSR count). The van der Waals surface area contributed by atoms with E-state index in [0.717, 1.165) is 78.5 Å². The van der Waals surface area contributed by atoms with Gasteiger partial charge in [-0.3, -0.25) is 4.57 Å². The van der Waals surface area contributed by atoms with Gasteiger partial charge >= 0.3 is 0 Å². The molecule has 2 atom stereocenters. The summed E-state index contributed by atoms with van der Waals surface area (Å²) in [6, 6.07) is 60.5. The highest BCUT2D eigenvalue weighted by Crippen LogP contribution is 2.57. The van der Waals surface area contributed by atoms with Gasteiger partial charge in [-0.2, -0.15) is 0 Å². The van der Waals surface area contributed by atoms with Crippen LogP contribution in [0.5, 0.6) is 0 Å². The molecule has 4 heteroatoms. The number of benzene rings is 8. The molecule has 2 heterocycles. The predicted molar refractivity (Wildman–Crippen MR) is 231 cm³/mol. The highest BCUT2D eigenvalue weighted by atomic mass is 31.2.